The van der Waals surface area contributed by atoms with Gasteiger partial charge in [-0.05, 0) is 20.3 Å². The van der Waals surface area contributed by atoms with Gasteiger partial charge in [-0.2, -0.15) is 5.10 Å². The highest BCUT2D eigenvalue weighted by Crippen LogP contribution is 2.01. The molecule has 0 bridgehead atoms. The van der Waals surface area contributed by atoms with Crippen molar-refractivity contribution in [3.63, 3.8) is 0 Å². The summed E-state index contributed by atoms with van der Waals surface area (Å²) in [6.07, 6.45) is 5.19. The Bertz CT molecular complexity index is 361. The van der Waals surface area contributed by atoms with Crippen LogP contribution in [-0.2, 0) is 22.7 Å². The van der Waals surface area contributed by atoms with Crippen LogP contribution in [0.2, 0.25) is 0 Å². The lowest BCUT2D eigenvalue weighted by Gasteiger charge is -2.07. The zero-order chi connectivity index (χ0) is 13.4. The highest BCUT2D eigenvalue weighted by Gasteiger charge is 2.04. The molecule has 0 aliphatic heterocycles. The minimum Gasteiger partial charge on any atom is -0.377 e. The van der Waals surface area contributed by atoms with Crippen LogP contribution < -0.4 is 5.32 Å². The topological polar surface area (TPSA) is 56.2 Å². The van der Waals surface area contributed by atoms with Gasteiger partial charge in [0.2, 0.25) is 5.91 Å². The van der Waals surface area contributed by atoms with Gasteiger partial charge in [0.05, 0.1) is 12.8 Å². The minimum atomic E-state index is 0.0595. The summed E-state index contributed by atoms with van der Waals surface area (Å²) in [6, 6.07) is 0.188. The number of aromatic nitrogens is 2. The lowest BCUT2D eigenvalue weighted by atomic mass is 10.3. The van der Waals surface area contributed by atoms with Crippen molar-refractivity contribution in [1.29, 1.82) is 0 Å². The number of amides is 1. The summed E-state index contributed by atoms with van der Waals surface area (Å²) in [5, 5.41) is 7.06. The van der Waals surface area contributed by atoms with Gasteiger partial charge in [0.1, 0.15) is 0 Å². The van der Waals surface area contributed by atoms with E-state index in [4.69, 9.17) is 4.74 Å². The third-order valence-corrected chi connectivity index (χ3v) is 2.32. The predicted octanol–water partition coefficient (Wildman–Crippen LogP) is 1.72. The molecule has 0 atom stereocenters. The van der Waals surface area contributed by atoms with Crippen molar-refractivity contribution < 1.29 is 9.53 Å². The Kier molecular flexibility index (Phi) is 6.43. The first-order valence-electron chi connectivity index (χ1n) is 6.50. The highest BCUT2D eigenvalue weighted by atomic mass is 16.5. The number of aryl methyl sites for hydroxylation is 1. The first-order chi connectivity index (χ1) is 8.61. The fraction of sp³-hybridized carbons (Fsp3) is 0.692. The van der Waals surface area contributed by atoms with Gasteiger partial charge in [0.25, 0.3) is 0 Å². The first kappa shape index (κ1) is 14.7. The zero-order valence-corrected chi connectivity index (χ0v) is 11.5. The monoisotopic (exact) mass is 253 g/mol. The summed E-state index contributed by atoms with van der Waals surface area (Å²) >= 11 is 0. The molecule has 5 nitrogen and oxygen atoms in total. The van der Waals surface area contributed by atoms with Gasteiger partial charge in [0, 0.05) is 37.4 Å². The zero-order valence-electron chi connectivity index (χ0n) is 11.5. The van der Waals surface area contributed by atoms with Crippen LogP contribution in [0, 0.1) is 0 Å². The maximum absolute atomic E-state index is 11.5. The van der Waals surface area contributed by atoms with Crippen LogP contribution in [0.25, 0.3) is 0 Å². The van der Waals surface area contributed by atoms with Crippen LogP contribution >= 0.6 is 0 Å². The highest BCUT2D eigenvalue weighted by molar-refractivity contribution is 5.76. The number of carbonyl (C=O) groups is 1. The molecule has 0 aliphatic rings. The van der Waals surface area contributed by atoms with Crippen molar-refractivity contribution in [2.24, 2.45) is 0 Å². The number of hydrogen-bond donors (Lipinski definition) is 1. The van der Waals surface area contributed by atoms with E-state index < -0.39 is 0 Å². The molecule has 1 heterocycles. The molecular formula is C13H23N3O2. The largest absolute Gasteiger partial charge is 0.377 e. The molecule has 102 valence electrons. The van der Waals surface area contributed by atoms with E-state index in [-0.39, 0.29) is 11.9 Å². The summed E-state index contributed by atoms with van der Waals surface area (Å²) < 4.78 is 7.21. The van der Waals surface area contributed by atoms with Crippen molar-refractivity contribution in [2.45, 2.75) is 52.8 Å². The molecule has 0 spiro atoms. The van der Waals surface area contributed by atoms with E-state index in [9.17, 15) is 4.79 Å². The van der Waals surface area contributed by atoms with Gasteiger partial charge < -0.3 is 10.1 Å². The molecule has 0 radical (unpaired) electrons. The number of hydrogen-bond acceptors (Lipinski definition) is 3. The molecule has 1 N–H and O–H groups in total. The molecular weight excluding hydrogens is 230 g/mol. The molecule has 0 unspecified atom stereocenters. The van der Waals surface area contributed by atoms with Crippen molar-refractivity contribution >= 4 is 5.91 Å². The first-order valence-corrected chi connectivity index (χ1v) is 6.50. The maximum atomic E-state index is 11.5. The standard InChI is InChI=1S/C13H23N3O2/c1-4-7-18-10-12-8-14-16(9-12)6-5-13(17)15-11(2)3/h8-9,11H,4-7,10H2,1-3H3,(H,15,17). The van der Waals surface area contributed by atoms with Crippen LogP contribution in [0.4, 0.5) is 0 Å². The quantitative estimate of drug-likeness (QED) is 0.718. The van der Waals surface area contributed by atoms with Crippen molar-refractivity contribution in [3.05, 3.63) is 18.0 Å². The van der Waals surface area contributed by atoms with Gasteiger partial charge in [-0.15, -0.1) is 0 Å². The van der Waals surface area contributed by atoms with E-state index in [0.717, 1.165) is 18.6 Å². The summed E-state index contributed by atoms with van der Waals surface area (Å²) in [7, 11) is 0. The molecule has 18 heavy (non-hydrogen) atoms. The lowest BCUT2D eigenvalue weighted by molar-refractivity contribution is -0.121. The van der Waals surface area contributed by atoms with Crippen LogP contribution in [-0.4, -0.2) is 28.3 Å². The molecule has 0 aromatic carbocycles. The van der Waals surface area contributed by atoms with Gasteiger partial charge in [-0.3, -0.25) is 9.48 Å². The third kappa shape index (κ3) is 5.82. The maximum Gasteiger partial charge on any atom is 0.222 e. The smallest absolute Gasteiger partial charge is 0.222 e. The molecule has 0 saturated carbocycles. The van der Waals surface area contributed by atoms with Gasteiger partial charge >= 0.3 is 0 Å². The van der Waals surface area contributed by atoms with E-state index >= 15 is 0 Å². The van der Waals surface area contributed by atoms with Crippen LogP contribution in [0.5, 0.6) is 0 Å². The molecule has 1 rings (SSSR count). The van der Waals surface area contributed by atoms with E-state index in [1.807, 2.05) is 20.0 Å². The second-order valence-electron chi connectivity index (χ2n) is 4.64. The van der Waals surface area contributed by atoms with E-state index in [1.165, 1.54) is 0 Å². The van der Waals surface area contributed by atoms with Crippen LogP contribution in [0.3, 0.4) is 0 Å². The van der Waals surface area contributed by atoms with E-state index in [1.54, 1.807) is 10.9 Å². The van der Waals surface area contributed by atoms with Gasteiger partial charge in [-0.1, -0.05) is 6.92 Å². The number of carbonyl (C=O) groups excluding carboxylic acids is 1. The minimum absolute atomic E-state index is 0.0595. The van der Waals surface area contributed by atoms with Crippen molar-refractivity contribution in [3.8, 4) is 0 Å². The van der Waals surface area contributed by atoms with Crippen molar-refractivity contribution in [1.82, 2.24) is 15.1 Å². The average molecular weight is 253 g/mol. The molecule has 1 aromatic heterocycles. The second kappa shape index (κ2) is 7.87. The fourth-order valence-electron chi connectivity index (χ4n) is 1.55. The SMILES string of the molecule is CCCOCc1cnn(CCC(=O)NC(C)C)c1. The van der Waals surface area contributed by atoms with E-state index in [0.29, 0.717) is 19.6 Å². The Morgan fingerprint density at radius 3 is 3.00 bits per heavy atom. The molecule has 5 heteroatoms. The molecule has 1 amide bonds. The molecule has 0 aliphatic carbocycles. The summed E-state index contributed by atoms with van der Waals surface area (Å²) in [4.78, 5) is 11.5. The number of rotatable bonds is 8. The number of nitrogens with zero attached hydrogens (tertiary/aromatic N) is 2. The Balaban J connectivity index is 2.28. The Hall–Kier alpha value is -1.36. The van der Waals surface area contributed by atoms with Gasteiger partial charge in [-0.25, -0.2) is 0 Å². The van der Waals surface area contributed by atoms with Crippen molar-refractivity contribution in [2.75, 3.05) is 6.61 Å². The Morgan fingerprint density at radius 2 is 2.33 bits per heavy atom. The molecule has 1 aromatic rings. The molecule has 0 fully saturated rings. The molecule has 0 saturated heterocycles. The number of nitrogens with one attached hydrogen (secondary N) is 1. The van der Waals surface area contributed by atoms with Crippen LogP contribution in [0.15, 0.2) is 12.4 Å². The lowest BCUT2D eigenvalue weighted by Crippen LogP contribution is -2.30. The normalized spacial score (nSPS) is 10.9. The van der Waals surface area contributed by atoms with E-state index in [2.05, 4.69) is 17.3 Å². The average Bonchev–Trinajstić information content (AvgIpc) is 2.74. The Labute approximate surface area is 109 Å². The van der Waals surface area contributed by atoms with Gasteiger partial charge in [0.15, 0.2) is 0 Å². The predicted molar refractivity (Wildman–Crippen MR) is 70.1 cm³/mol. The summed E-state index contributed by atoms with van der Waals surface area (Å²) in [5.41, 5.74) is 1.05. The Morgan fingerprint density at radius 1 is 1.56 bits per heavy atom. The van der Waals surface area contributed by atoms with Crippen LogP contribution in [0.1, 0.15) is 39.2 Å². The second-order valence-corrected chi connectivity index (χ2v) is 4.64. The summed E-state index contributed by atoms with van der Waals surface area (Å²) in [6.45, 7) is 7.95. The summed E-state index contributed by atoms with van der Waals surface area (Å²) in [5.74, 6) is 0.0595. The fourth-order valence-corrected chi connectivity index (χ4v) is 1.55. The third-order valence-electron chi connectivity index (χ3n) is 2.32. The number of ether oxygens (including phenoxy) is 1.